The van der Waals surface area contributed by atoms with E-state index in [1.807, 2.05) is 0 Å². The van der Waals surface area contributed by atoms with Crippen LogP contribution in [0, 0.1) is 5.92 Å². The predicted molar refractivity (Wildman–Crippen MR) is 53.1 cm³/mol. The van der Waals surface area contributed by atoms with E-state index < -0.39 is 0 Å². The Hall–Kier alpha value is -0.0800. The molecule has 1 aliphatic rings. The van der Waals surface area contributed by atoms with Gasteiger partial charge in [-0.05, 0) is 39.3 Å². The first kappa shape index (κ1) is 10.0. The standard InChI is InChI=1S/C10H22N2/c1-4-8-5-6-9(11)7-10(8)12(2)3/h8-10H,4-7,11H2,1-3H3. The Kier molecular flexibility index (Phi) is 3.53. The van der Waals surface area contributed by atoms with Gasteiger partial charge in [0.1, 0.15) is 0 Å². The van der Waals surface area contributed by atoms with E-state index in [4.69, 9.17) is 5.73 Å². The van der Waals surface area contributed by atoms with Crippen LogP contribution in [-0.2, 0) is 0 Å². The Balaban J connectivity index is 2.52. The summed E-state index contributed by atoms with van der Waals surface area (Å²) in [5.74, 6) is 0.875. The van der Waals surface area contributed by atoms with Crippen LogP contribution in [0.3, 0.4) is 0 Å². The molecule has 1 rings (SSSR count). The van der Waals surface area contributed by atoms with Crippen molar-refractivity contribution in [3.05, 3.63) is 0 Å². The van der Waals surface area contributed by atoms with Crippen molar-refractivity contribution < 1.29 is 0 Å². The lowest BCUT2D eigenvalue weighted by molar-refractivity contribution is 0.140. The molecule has 0 aliphatic heterocycles. The van der Waals surface area contributed by atoms with Crippen LogP contribution in [-0.4, -0.2) is 31.1 Å². The third-order valence-corrected chi connectivity index (χ3v) is 3.18. The Labute approximate surface area is 76.1 Å². The third-order valence-electron chi connectivity index (χ3n) is 3.18. The van der Waals surface area contributed by atoms with Crippen molar-refractivity contribution >= 4 is 0 Å². The summed E-state index contributed by atoms with van der Waals surface area (Å²) in [5.41, 5.74) is 5.95. The molecule has 0 bridgehead atoms. The number of rotatable bonds is 2. The molecule has 2 nitrogen and oxygen atoms in total. The van der Waals surface area contributed by atoms with Crippen molar-refractivity contribution in [1.82, 2.24) is 4.90 Å². The van der Waals surface area contributed by atoms with Gasteiger partial charge in [-0.25, -0.2) is 0 Å². The molecule has 1 aliphatic carbocycles. The Morgan fingerprint density at radius 2 is 2.00 bits per heavy atom. The summed E-state index contributed by atoms with van der Waals surface area (Å²) in [6.45, 7) is 2.29. The van der Waals surface area contributed by atoms with E-state index in [9.17, 15) is 0 Å². The minimum Gasteiger partial charge on any atom is -0.328 e. The van der Waals surface area contributed by atoms with E-state index in [2.05, 4.69) is 25.9 Å². The first-order valence-corrected chi connectivity index (χ1v) is 5.07. The molecule has 0 heterocycles. The molecule has 2 heteroatoms. The lowest BCUT2D eigenvalue weighted by Crippen LogP contribution is -2.44. The van der Waals surface area contributed by atoms with Gasteiger partial charge < -0.3 is 10.6 Å². The Morgan fingerprint density at radius 1 is 1.33 bits per heavy atom. The summed E-state index contributed by atoms with van der Waals surface area (Å²) in [4.78, 5) is 2.34. The van der Waals surface area contributed by atoms with Gasteiger partial charge in [0.05, 0.1) is 0 Å². The van der Waals surface area contributed by atoms with Crippen molar-refractivity contribution in [3.63, 3.8) is 0 Å². The van der Waals surface area contributed by atoms with Gasteiger partial charge in [-0.2, -0.15) is 0 Å². The summed E-state index contributed by atoms with van der Waals surface area (Å²) in [5, 5.41) is 0. The molecule has 0 saturated heterocycles. The van der Waals surface area contributed by atoms with Gasteiger partial charge in [0.15, 0.2) is 0 Å². The van der Waals surface area contributed by atoms with Crippen LogP contribution in [0.4, 0.5) is 0 Å². The minimum absolute atomic E-state index is 0.445. The van der Waals surface area contributed by atoms with Crippen LogP contribution in [0.25, 0.3) is 0 Å². The second-order valence-corrected chi connectivity index (χ2v) is 4.27. The average molecular weight is 170 g/mol. The zero-order chi connectivity index (χ0) is 9.14. The second kappa shape index (κ2) is 4.24. The van der Waals surface area contributed by atoms with Crippen LogP contribution in [0.5, 0.6) is 0 Å². The highest BCUT2D eigenvalue weighted by molar-refractivity contribution is 4.85. The number of hydrogen-bond acceptors (Lipinski definition) is 2. The molecule has 2 N–H and O–H groups in total. The second-order valence-electron chi connectivity index (χ2n) is 4.27. The molecule has 0 aromatic rings. The van der Waals surface area contributed by atoms with Crippen molar-refractivity contribution in [3.8, 4) is 0 Å². The molecule has 72 valence electrons. The molecule has 0 aromatic carbocycles. The van der Waals surface area contributed by atoms with Crippen molar-refractivity contribution in [1.29, 1.82) is 0 Å². The van der Waals surface area contributed by atoms with Gasteiger partial charge in [-0.1, -0.05) is 13.3 Å². The lowest BCUT2D eigenvalue weighted by atomic mass is 9.80. The molecule has 1 fully saturated rings. The van der Waals surface area contributed by atoms with Gasteiger partial charge in [0, 0.05) is 12.1 Å². The van der Waals surface area contributed by atoms with Gasteiger partial charge in [0.2, 0.25) is 0 Å². The van der Waals surface area contributed by atoms with Gasteiger partial charge >= 0.3 is 0 Å². The topological polar surface area (TPSA) is 29.3 Å². The summed E-state index contributed by atoms with van der Waals surface area (Å²) >= 11 is 0. The van der Waals surface area contributed by atoms with E-state index in [1.54, 1.807) is 0 Å². The molecule has 0 radical (unpaired) electrons. The van der Waals surface area contributed by atoms with Crippen LogP contribution < -0.4 is 5.73 Å². The summed E-state index contributed by atoms with van der Waals surface area (Å²) in [6, 6.07) is 1.17. The number of nitrogens with two attached hydrogens (primary N) is 1. The first-order chi connectivity index (χ1) is 5.65. The summed E-state index contributed by atoms with van der Waals surface area (Å²) < 4.78 is 0. The highest BCUT2D eigenvalue weighted by atomic mass is 15.1. The fourth-order valence-corrected chi connectivity index (χ4v) is 2.35. The smallest absolute Gasteiger partial charge is 0.0132 e. The summed E-state index contributed by atoms with van der Waals surface area (Å²) in [7, 11) is 4.34. The molecule has 0 spiro atoms. The highest BCUT2D eigenvalue weighted by Crippen LogP contribution is 2.28. The predicted octanol–water partition coefficient (Wildman–Crippen LogP) is 1.45. The van der Waals surface area contributed by atoms with Crippen molar-refractivity contribution in [2.45, 2.75) is 44.7 Å². The summed E-state index contributed by atoms with van der Waals surface area (Å²) in [6.07, 6.45) is 5.03. The maximum Gasteiger partial charge on any atom is 0.0132 e. The normalized spacial score (nSPS) is 37.2. The van der Waals surface area contributed by atoms with E-state index >= 15 is 0 Å². The van der Waals surface area contributed by atoms with Crippen molar-refractivity contribution in [2.24, 2.45) is 11.7 Å². The molecule has 0 amide bonds. The molecule has 3 atom stereocenters. The van der Waals surface area contributed by atoms with Crippen molar-refractivity contribution in [2.75, 3.05) is 14.1 Å². The molecule has 3 unspecified atom stereocenters. The van der Waals surface area contributed by atoms with E-state index in [0.29, 0.717) is 6.04 Å². The molecular formula is C10H22N2. The maximum absolute atomic E-state index is 5.95. The highest BCUT2D eigenvalue weighted by Gasteiger charge is 2.28. The van der Waals surface area contributed by atoms with Gasteiger partial charge in [-0.15, -0.1) is 0 Å². The number of hydrogen-bond donors (Lipinski definition) is 1. The third kappa shape index (κ3) is 2.20. The first-order valence-electron chi connectivity index (χ1n) is 5.07. The fraction of sp³-hybridized carbons (Fsp3) is 1.00. The van der Waals surface area contributed by atoms with Crippen LogP contribution in [0.2, 0.25) is 0 Å². The largest absolute Gasteiger partial charge is 0.328 e. The SMILES string of the molecule is CCC1CCC(N)CC1N(C)C. The molecular weight excluding hydrogens is 148 g/mol. The lowest BCUT2D eigenvalue weighted by Gasteiger charge is -2.38. The zero-order valence-electron chi connectivity index (χ0n) is 8.59. The van der Waals surface area contributed by atoms with E-state index in [-0.39, 0.29) is 0 Å². The van der Waals surface area contributed by atoms with Crippen LogP contribution in [0.15, 0.2) is 0 Å². The molecule has 0 aromatic heterocycles. The molecule has 12 heavy (non-hydrogen) atoms. The molecule has 1 saturated carbocycles. The average Bonchev–Trinajstić information content (AvgIpc) is 2.04. The monoisotopic (exact) mass is 170 g/mol. The van der Waals surface area contributed by atoms with Crippen LogP contribution >= 0.6 is 0 Å². The Bertz CT molecular complexity index is 134. The van der Waals surface area contributed by atoms with Gasteiger partial charge in [0.25, 0.3) is 0 Å². The fourth-order valence-electron chi connectivity index (χ4n) is 2.35. The maximum atomic E-state index is 5.95. The quantitative estimate of drug-likeness (QED) is 0.679. The Morgan fingerprint density at radius 3 is 2.50 bits per heavy atom. The minimum atomic E-state index is 0.445. The van der Waals surface area contributed by atoms with E-state index in [0.717, 1.165) is 12.0 Å². The zero-order valence-corrected chi connectivity index (χ0v) is 8.59. The van der Waals surface area contributed by atoms with E-state index in [1.165, 1.54) is 25.7 Å². The van der Waals surface area contributed by atoms with Crippen LogP contribution in [0.1, 0.15) is 32.6 Å². The van der Waals surface area contributed by atoms with Gasteiger partial charge in [-0.3, -0.25) is 0 Å². The number of nitrogens with zero attached hydrogens (tertiary/aromatic N) is 1.